The van der Waals surface area contributed by atoms with Crippen molar-refractivity contribution in [2.75, 3.05) is 26.2 Å². The molecule has 0 spiro atoms. The second kappa shape index (κ2) is 6.58. The van der Waals surface area contributed by atoms with E-state index in [0.29, 0.717) is 12.6 Å². The Kier molecular flexibility index (Phi) is 5.36. The second-order valence-corrected chi connectivity index (χ2v) is 3.74. The lowest BCUT2D eigenvalue weighted by molar-refractivity contribution is -0.128. The molecule has 0 aromatic rings. The van der Waals surface area contributed by atoms with Crippen LogP contribution < -0.4 is 5.73 Å². The van der Waals surface area contributed by atoms with Gasteiger partial charge in [0.2, 0.25) is 5.91 Å². The molecule has 1 fully saturated rings. The summed E-state index contributed by atoms with van der Waals surface area (Å²) < 4.78 is 5.64. The summed E-state index contributed by atoms with van der Waals surface area (Å²) in [6.07, 6.45) is 4.42. The van der Waals surface area contributed by atoms with Gasteiger partial charge in [-0.25, -0.2) is 0 Å². The summed E-state index contributed by atoms with van der Waals surface area (Å²) in [5, 5.41) is 0. The van der Waals surface area contributed by atoms with E-state index in [9.17, 15) is 4.79 Å². The van der Waals surface area contributed by atoms with Crippen LogP contribution in [0.4, 0.5) is 0 Å². The molecule has 0 radical (unpaired) electrons. The zero-order valence-electron chi connectivity index (χ0n) is 9.15. The minimum absolute atomic E-state index is 0.0235. The van der Waals surface area contributed by atoms with Gasteiger partial charge in [-0.1, -0.05) is 6.58 Å². The van der Waals surface area contributed by atoms with Gasteiger partial charge < -0.3 is 15.4 Å². The Morgan fingerprint density at radius 3 is 2.73 bits per heavy atom. The maximum Gasteiger partial charge on any atom is 0.245 e. The predicted octanol–water partition coefficient (Wildman–Crippen LogP) is 0.529. The van der Waals surface area contributed by atoms with Crippen LogP contribution in [0.1, 0.15) is 19.3 Å². The highest BCUT2D eigenvalue weighted by atomic mass is 16.5. The van der Waals surface area contributed by atoms with E-state index in [2.05, 4.69) is 6.58 Å². The number of rotatable bonds is 5. The summed E-state index contributed by atoms with van der Waals surface area (Å²) in [7, 11) is 0. The second-order valence-electron chi connectivity index (χ2n) is 3.74. The molecule has 1 rings (SSSR count). The van der Waals surface area contributed by atoms with Crippen molar-refractivity contribution in [3.8, 4) is 0 Å². The van der Waals surface area contributed by atoms with E-state index in [1.54, 1.807) is 0 Å². The Balaban J connectivity index is 2.18. The monoisotopic (exact) mass is 212 g/mol. The molecule has 2 N–H and O–H groups in total. The molecular weight excluding hydrogens is 192 g/mol. The standard InChI is InChI=1S/C11H20N2O2/c1-2-11(14)13-7-4-10(5-8-13)15-9-3-6-12/h2,10H,1,3-9,12H2. The number of carbonyl (C=O) groups is 1. The van der Waals surface area contributed by atoms with E-state index in [-0.39, 0.29) is 5.91 Å². The van der Waals surface area contributed by atoms with Crippen molar-refractivity contribution >= 4 is 5.91 Å². The number of ether oxygens (including phenoxy) is 1. The third-order valence-electron chi connectivity index (χ3n) is 2.63. The van der Waals surface area contributed by atoms with Crippen molar-refractivity contribution in [2.45, 2.75) is 25.4 Å². The third kappa shape index (κ3) is 4.01. The van der Waals surface area contributed by atoms with Gasteiger partial charge in [0.25, 0.3) is 0 Å². The Morgan fingerprint density at radius 2 is 2.20 bits per heavy atom. The fraction of sp³-hybridized carbons (Fsp3) is 0.727. The van der Waals surface area contributed by atoms with Crippen molar-refractivity contribution < 1.29 is 9.53 Å². The number of hydrogen-bond donors (Lipinski definition) is 1. The molecule has 15 heavy (non-hydrogen) atoms. The average Bonchev–Trinajstić information content (AvgIpc) is 2.29. The quantitative estimate of drug-likeness (QED) is 0.534. The predicted molar refractivity (Wildman–Crippen MR) is 59.4 cm³/mol. The highest BCUT2D eigenvalue weighted by molar-refractivity contribution is 5.87. The van der Waals surface area contributed by atoms with Crippen LogP contribution >= 0.6 is 0 Å². The summed E-state index contributed by atoms with van der Waals surface area (Å²) in [6.45, 7) is 6.44. The van der Waals surface area contributed by atoms with Crippen LogP contribution in [0.5, 0.6) is 0 Å². The third-order valence-corrected chi connectivity index (χ3v) is 2.63. The zero-order chi connectivity index (χ0) is 11.1. The summed E-state index contributed by atoms with van der Waals surface area (Å²) >= 11 is 0. The van der Waals surface area contributed by atoms with Gasteiger partial charge in [-0.2, -0.15) is 0 Å². The van der Waals surface area contributed by atoms with Gasteiger partial charge in [0.05, 0.1) is 6.10 Å². The lowest BCUT2D eigenvalue weighted by atomic mass is 10.1. The fourth-order valence-electron chi connectivity index (χ4n) is 1.71. The molecular formula is C11H20N2O2. The van der Waals surface area contributed by atoms with Crippen LogP contribution in [0.15, 0.2) is 12.7 Å². The van der Waals surface area contributed by atoms with Crippen molar-refractivity contribution in [3.05, 3.63) is 12.7 Å². The number of nitrogens with zero attached hydrogens (tertiary/aromatic N) is 1. The number of likely N-dealkylation sites (tertiary alicyclic amines) is 1. The van der Waals surface area contributed by atoms with Gasteiger partial charge in [0, 0.05) is 19.7 Å². The van der Waals surface area contributed by atoms with Crippen molar-refractivity contribution in [1.82, 2.24) is 4.90 Å². The molecule has 0 aliphatic carbocycles. The van der Waals surface area contributed by atoms with Gasteiger partial charge >= 0.3 is 0 Å². The first-order valence-electron chi connectivity index (χ1n) is 5.51. The number of piperidine rings is 1. The molecule has 86 valence electrons. The van der Waals surface area contributed by atoms with Crippen LogP contribution in [0.25, 0.3) is 0 Å². The molecule has 0 saturated carbocycles. The summed E-state index contributed by atoms with van der Waals surface area (Å²) in [6, 6.07) is 0. The van der Waals surface area contributed by atoms with E-state index in [1.807, 2.05) is 4.90 Å². The van der Waals surface area contributed by atoms with E-state index < -0.39 is 0 Å². The first kappa shape index (κ1) is 12.2. The minimum atomic E-state index is 0.0235. The number of carbonyl (C=O) groups excluding carboxylic acids is 1. The van der Waals surface area contributed by atoms with Gasteiger partial charge in [0.1, 0.15) is 0 Å². The molecule has 0 aromatic carbocycles. The number of hydrogen-bond acceptors (Lipinski definition) is 3. The first-order valence-corrected chi connectivity index (χ1v) is 5.51. The lowest BCUT2D eigenvalue weighted by Crippen LogP contribution is -2.40. The molecule has 0 aromatic heterocycles. The van der Waals surface area contributed by atoms with E-state index in [1.165, 1.54) is 6.08 Å². The molecule has 1 aliphatic rings. The molecule has 0 atom stereocenters. The Bertz CT molecular complexity index is 211. The molecule has 4 nitrogen and oxygen atoms in total. The molecule has 1 aliphatic heterocycles. The summed E-state index contributed by atoms with van der Waals surface area (Å²) in [5.74, 6) is 0.0235. The summed E-state index contributed by atoms with van der Waals surface area (Å²) in [5.41, 5.74) is 5.38. The van der Waals surface area contributed by atoms with Gasteiger partial charge in [-0.15, -0.1) is 0 Å². The molecule has 1 amide bonds. The lowest BCUT2D eigenvalue weighted by Gasteiger charge is -2.31. The zero-order valence-corrected chi connectivity index (χ0v) is 9.15. The van der Waals surface area contributed by atoms with Crippen LogP contribution in [0, 0.1) is 0 Å². The molecule has 0 bridgehead atoms. The number of nitrogens with two attached hydrogens (primary N) is 1. The van der Waals surface area contributed by atoms with Crippen LogP contribution in [-0.2, 0) is 9.53 Å². The van der Waals surface area contributed by atoms with Crippen molar-refractivity contribution in [1.29, 1.82) is 0 Å². The number of amides is 1. The Labute approximate surface area is 91.1 Å². The topological polar surface area (TPSA) is 55.6 Å². The van der Waals surface area contributed by atoms with E-state index in [4.69, 9.17) is 10.5 Å². The Morgan fingerprint density at radius 1 is 1.53 bits per heavy atom. The molecule has 1 saturated heterocycles. The average molecular weight is 212 g/mol. The molecule has 0 unspecified atom stereocenters. The highest BCUT2D eigenvalue weighted by Crippen LogP contribution is 2.14. The van der Waals surface area contributed by atoms with E-state index >= 15 is 0 Å². The maximum atomic E-state index is 11.3. The Hall–Kier alpha value is -0.870. The maximum absolute atomic E-state index is 11.3. The van der Waals surface area contributed by atoms with Crippen molar-refractivity contribution in [3.63, 3.8) is 0 Å². The van der Waals surface area contributed by atoms with Crippen LogP contribution in [0.2, 0.25) is 0 Å². The van der Waals surface area contributed by atoms with Gasteiger partial charge in [-0.3, -0.25) is 4.79 Å². The summed E-state index contributed by atoms with van der Waals surface area (Å²) in [4.78, 5) is 13.1. The van der Waals surface area contributed by atoms with Crippen molar-refractivity contribution in [2.24, 2.45) is 5.73 Å². The van der Waals surface area contributed by atoms with Crippen LogP contribution in [0.3, 0.4) is 0 Å². The van der Waals surface area contributed by atoms with Crippen LogP contribution in [-0.4, -0.2) is 43.2 Å². The van der Waals surface area contributed by atoms with Gasteiger partial charge in [-0.05, 0) is 31.9 Å². The molecule has 1 heterocycles. The minimum Gasteiger partial charge on any atom is -0.378 e. The SMILES string of the molecule is C=CC(=O)N1CCC(OCCCN)CC1. The van der Waals surface area contributed by atoms with E-state index in [0.717, 1.165) is 39.0 Å². The normalized spacial score (nSPS) is 17.8. The smallest absolute Gasteiger partial charge is 0.245 e. The first-order chi connectivity index (χ1) is 7.27. The van der Waals surface area contributed by atoms with Gasteiger partial charge in [0.15, 0.2) is 0 Å². The molecule has 4 heteroatoms. The highest BCUT2D eigenvalue weighted by Gasteiger charge is 2.21. The largest absolute Gasteiger partial charge is 0.378 e. The fourth-order valence-corrected chi connectivity index (χ4v) is 1.71.